The molecule has 1 aliphatic heterocycles. The maximum absolute atomic E-state index is 11.4. The number of rotatable bonds is 4. The molecule has 0 bridgehead atoms. The molecular weight excluding hydrogens is 238 g/mol. The Balaban J connectivity index is 1.82. The highest BCUT2D eigenvalue weighted by atomic mass is 16.5. The van der Waals surface area contributed by atoms with Crippen LogP contribution < -0.4 is 4.74 Å². The third-order valence-electron chi connectivity index (χ3n) is 3.52. The molecular formula is C16H23NO2. The van der Waals surface area contributed by atoms with Gasteiger partial charge in [0.2, 0.25) is 5.91 Å². The van der Waals surface area contributed by atoms with E-state index in [1.807, 2.05) is 17.0 Å². The fourth-order valence-electron chi connectivity index (χ4n) is 2.27. The molecule has 1 fully saturated rings. The fraction of sp³-hybridized carbons (Fsp3) is 0.562. The molecule has 1 saturated heterocycles. The Kier molecular flexibility index (Phi) is 4.13. The standard InChI is InChI=1S/C16H23NO2/c1-16(2,3)13-6-8-14(9-7-13)19-12-11-17-10-4-5-15(17)18/h6-9H,4-5,10-12H2,1-3H3. The summed E-state index contributed by atoms with van der Waals surface area (Å²) >= 11 is 0. The number of nitrogens with zero attached hydrogens (tertiary/aromatic N) is 1. The van der Waals surface area contributed by atoms with E-state index in [4.69, 9.17) is 4.74 Å². The second kappa shape index (κ2) is 5.64. The van der Waals surface area contributed by atoms with Crippen molar-refractivity contribution in [2.24, 2.45) is 0 Å². The second-order valence-electron chi connectivity index (χ2n) is 6.11. The van der Waals surface area contributed by atoms with Gasteiger partial charge in [-0.1, -0.05) is 32.9 Å². The van der Waals surface area contributed by atoms with Crippen LogP contribution in [0.4, 0.5) is 0 Å². The van der Waals surface area contributed by atoms with Crippen LogP contribution in [-0.2, 0) is 10.2 Å². The van der Waals surface area contributed by atoms with Crippen LogP contribution in [0.2, 0.25) is 0 Å². The molecule has 19 heavy (non-hydrogen) atoms. The van der Waals surface area contributed by atoms with Gasteiger partial charge in [-0.2, -0.15) is 0 Å². The van der Waals surface area contributed by atoms with Crippen LogP contribution in [0, 0.1) is 0 Å². The van der Waals surface area contributed by atoms with Gasteiger partial charge in [-0.25, -0.2) is 0 Å². The summed E-state index contributed by atoms with van der Waals surface area (Å²) in [5, 5.41) is 0. The van der Waals surface area contributed by atoms with Gasteiger partial charge in [-0.3, -0.25) is 4.79 Å². The summed E-state index contributed by atoms with van der Waals surface area (Å²) in [4.78, 5) is 13.3. The maximum Gasteiger partial charge on any atom is 0.222 e. The number of carbonyl (C=O) groups is 1. The average molecular weight is 261 g/mol. The van der Waals surface area contributed by atoms with Crippen molar-refractivity contribution >= 4 is 5.91 Å². The number of hydrogen-bond donors (Lipinski definition) is 0. The van der Waals surface area contributed by atoms with Gasteiger partial charge in [-0.05, 0) is 29.5 Å². The van der Waals surface area contributed by atoms with Crippen LogP contribution in [0.25, 0.3) is 0 Å². The number of amides is 1. The first-order chi connectivity index (χ1) is 8.97. The lowest BCUT2D eigenvalue weighted by Gasteiger charge is -2.19. The van der Waals surface area contributed by atoms with E-state index in [-0.39, 0.29) is 11.3 Å². The van der Waals surface area contributed by atoms with Crippen molar-refractivity contribution in [2.75, 3.05) is 19.7 Å². The maximum atomic E-state index is 11.4. The largest absolute Gasteiger partial charge is 0.492 e. The van der Waals surface area contributed by atoms with Crippen LogP contribution in [0.1, 0.15) is 39.2 Å². The molecule has 0 atom stereocenters. The van der Waals surface area contributed by atoms with Crippen molar-refractivity contribution in [1.82, 2.24) is 4.90 Å². The summed E-state index contributed by atoms with van der Waals surface area (Å²) < 4.78 is 5.69. The third-order valence-corrected chi connectivity index (χ3v) is 3.52. The molecule has 0 spiro atoms. The van der Waals surface area contributed by atoms with E-state index in [9.17, 15) is 4.79 Å². The van der Waals surface area contributed by atoms with Gasteiger partial charge in [0.1, 0.15) is 12.4 Å². The minimum Gasteiger partial charge on any atom is -0.492 e. The molecule has 3 nitrogen and oxygen atoms in total. The number of likely N-dealkylation sites (tertiary alicyclic amines) is 1. The van der Waals surface area contributed by atoms with Crippen molar-refractivity contribution in [1.29, 1.82) is 0 Å². The first-order valence-corrected chi connectivity index (χ1v) is 6.98. The van der Waals surface area contributed by atoms with E-state index in [0.29, 0.717) is 19.6 Å². The fourth-order valence-corrected chi connectivity index (χ4v) is 2.27. The predicted octanol–water partition coefficient (Wildman–Crippen LogP) is 2.99. The Hall–Kier alpha value is -1.51. The van der Waals surface area contributed by atoms with Gasteiger partial charge in [0, 0.05) is 13.0 Å². The van der Waals surface area contributed by atoms with E-state index in [2.05, 4.69) is 32.9 Å². The topological polar surface area (TPSA) is 29.5 Å². The summed E-state index contributed by atoms with van der Waals surface area (Å²) in [6, 6.07) is 8.23. The quantitative estimate of drug-likeness (QED) is 0.834. The molecule has 0 aliphatic carbocycles. The SMILES string of the molecule is CC(C)(C)c1ccc(OCCN2CCCC2=O)cc1. The van der Waals surface area contributed by atoms with E-state index in [1.54, 1.807) is 0 Å². The smallest absolute Gasteiger partial charge is 0.222 e. The van der Waals surface area contributed by atoms with Gasteiger partial charge in [0.15, 0.2) is 0 Å². The van der Waals surface area contributed by atoms with Crippen molar-refractivity contribution in [3.05, 3.63) is 29.8 Å². The number of hydrogen-bond acceptors (Lipinski definition) is 2. The predicted molar refractivity (Wildman–Crippen MR) is 76.5 cm³/mol. The molecule has 1 aliphatic rings. The minimum absolute atomic E-state index is 0.167. The molecule has 1 aromatic rings. The van der Waals surface area contributed by atoms with Crippen LogP contribution >= 0.6 is 0 Å². The van der Waals surface area contributed by atoms with E-state index in [0.717, 1.165) is 18.7 Å². The van der Waals surface area contributed by atoms with Crippen LogP contribution in [-0.4, -0.2) is 30.5 Å². The minimum atomic E-state index is 0.167. The Morgan fingerprint density at radius 2 is 1.89 bits per heavy atom. The van der Waals surface area contributed by atoms with Gasteiger partial charge in [-0.15, -0.1) is 0 Å². The van der Waals surface area contributed by atoms with Gasteiger partial charge < -0.3 is 9.64 Å². The van der Waals surface area contributed by atoms with E-state index >= 15 is 0 Å². The molecule has 0 radical (unpaired) electrons. The summed E-state index contributed by atoms with van der Waals surface area (Å²) in [6.45, 7) is 8.73. The van der Waals surface area contributed by atoms with E-state index < -0.39 is 0 Å². The molecule has 1 aromatic carbocycles. The van der Waals surface area contributed by atoms with Crippen molar-refractivity contribution in [2.45, 2.75) is 39.0 Å². The first kappa shape index (κ1) is 13.9. The van der Waals surface area contributed by atoms with Gasteiger partial charge in [0.25, 0.3) is 0 Å². The molecule has 0 unspecified atom stereocenters. The second-order valence-corrected chi connectivity index (χ2v) is 6.11. The summed E-state index contributed by atoms with van der Waals surface area (Å²) in [7, 11) is 0. The highest BCUT2D eigenvalue weighted by Crippen LogP contribution is 2.24. The zero-order valence-electron chi connectivity index (χ0n) is 12.1. The highest BCUT2D eigenvalue weighted by molar-refractivity contribution is 5.78. The number of carbonyl (C=O) groups excluding carboxylic acids is 1. The third kappa shape index (κ3) is 3.72. The summed E-state index contributed by atoms with van der Waals surface area (Å²) in [6.07, 6.45) is 1.68. The molecule has 1 amide bonds. The number of benzene rings is 1. The lowest BCUT2D eigenvalue weighted by Crippen LogP contribution is -2.29. The van der Waals surface area contributed by atoms with Crippen LogP contribution in [0.15, 0.2) is 24.3 Å². The lowest BCUT2D eigenvalue weighted by molar-refractivity contribution is -0.128. The van der Waals surface area contributed by atoms with Gasteiger partial charge in [0.05, 0.1) is 6.54 Å². The molecule has 2 rings (SSSR count). The van der Waals surface area contributed by atoms with E-state index in [1.165, 1.54) is 5.56 Å². The van der Waals surface area contributed by atoms with Crippen LogP contribution in [0.5, 0.6) is 5.75 Å². The zero-order chi connectivity index (χ0) is 13.9. The number of ether oxygens (including phenoxy) is 1. The lowest BCUT2D eigenvalue weighted by atomic mass is 9.87. The monoisotopic (exact) mass is 261 g/mol. The molecule has 1 heterocycles. The summed E-state index contributed by atoms with van der Waals surface area (Å²) in [5.41, 5.74) is 1.47. The average Bonchev–Trinajstić information content (AvgIpc) is 2.75. The van der Waals surface area contributed by atoms with Crippen molar-refractivity contribution in [3.63, 3.8) is 0 Å². The van der Waals surface area contributed by atoms with Crippen molar-refractivity contribution < 1.29 is 9.53 Å². The molecule has 104 valence electrons. The highest BCUT2D eigenvalue weighted by Gasteiger charge is 2.19. The Morgan fingerprint density at radius 1 is 1.21 bits per heavy atom. The zero-order valence-corrected chi connectivity index (χ0v) is 12.1. The first-order valence-electron chi connectivity index (χ1n) is 6.98. The molecule has 0 N–H and O–H groups in total. The molecule has 3 heteroatoms. The summed E-state index contributed by atoms with van der Waals surface area (Å²) in [5.74, 6) is 1.13. The molecule has 0 saturated carbocycles. The molecule has 0 aromatic heterocycles. The normalized spacial score (nSPS) is 15.9. The Labute approximate surface area is 115 Å². The Morgan fingerprint density at radius 3 is 2.42 bits per heavy atom. The van der Waals surface area contributed by atoms with Crippen molar-refractivity contribution in [3.8, 4) is 5.75 Å². The van der Waals surface area contributed by atoms with Crippen LogP contribution in [0.3, 0.4) is 0 Å². The van der Waals surface area contributed by atoms with Gasteiger partial charge >= 0.3 is 0 Å². The Bertz CT molecular complexity index is 431.